The number of hydrogen-bond acceptors (Lipinski definition) is 6. The maximum Gasteiger partial charge on any atom is 0.264 e. The number of hydrogen-bond donors (Lipinski definition) is 0. The van der Waals surface area contributed by atoms with Gasteiger partial charge < -0.3 is 19.3 Å². The van der Waals surface area contributed by atoms with Gasteiger partial charge in [-0.15, -0.1) is 22.7 Å². The standard InChI is InChI=1S/C25H27FN2O4S2/c1-31-13-3-11-27(25(30)23-4-2-14-33-23)16-24(29)28-12-9-22-20(10-15-34-22)21(28)17-32-19-7-5-18(26)6-8-19/h2,4-8,10,14-15,21H,3,9,11-13,16-17H2,1H3. The molecular formula is C25H27FN2O4S2. The van der Waals surface area contributed by atoms with E-state index in [1.807, 2.05) is 27.8 Å². The molecule has 2 aromatic heterocycles. The lowest BCUT2D eigenvalue weighted by Crippen LogP contribution is -2.48. The zero-order valence-electron chi connectivity index (χ0n) is 18.9. The fourth-order valence-corrected chi connectivity index (χ4v) is 5.66. The van der Waals surface area contributed by atoms with E-state index in [2.05, 4.69) is 0 Å². The molecule has 0 saturated carbocycles. The lowest BCUT2D eigenvalue weighted by atomic mass is 10.0. The number of nitrogens with zero attached hydrogens (tertiary/aromatic N) is 2. The number of fused-ring (bicyclic) bond motifs is 1. The molecule has 34 heavy (non-hydrogen) atoms. The van der Waals surface area contributed by atoms with Crippen LogP contribution in [-0.4, -0.2) is 61.6 Å². The monoisotopic (exact) mass is 502 g/mol. The minimum atomic E-state index is -0.328. The van der Waals surface area contributed by atoms with E-state index in [1.54, 1.807) is 41.5 Å². The highest BCUT2D eigenvalue weighted by molar-refractivity contribution is 7.12. The summed E-state index contributed by atoms with van der Waals surface area (Å²) in [6, 6.07) is 11.2. The second-order valence-electron chi connectivity index (χ2n) is 7.97. The van der Waals surface area contributed by atoms with Crippen LogP contribution < -0.4 is 4.74 Å². The van der Waals surface area contributed by atoms with Gasteiger partial charge in [-0.05, 0) is 65.6 Å². The summed E-state index contributed by atoms with van der Waals surface area (Å²) in [6.07, 6.45) is 1.42. The Kier molecular flexibility index (Phi) is 8.31. The van der Waals surface area contributed by atoms with E-state index in [0.29, 0.717) is 36.7 Å². The van der Waals surface area contributed by atoms with Gasteiger partial charge in [0, 0.05) is 31.7 Å². The molecule has 0 saturated heterocycles. The number of carbonyl (C=O) groups excluding carboxylic acids is 2. The van der Waals surface area contributed by atoms with E-state index in [9.17, 15) is 14.0 Å². The number of amides is 2. The summed E-state index contributed by atoms with van der Waals surface area (Å²) in [5.74, 6) is -0.0465. The fourth-order valence-electron chi connectivity index (χ4n) is 4.04. The lowest BCUT2D eigenvalue weighted by molar-refractivity contribution is -0.135. The number of thiophene rings is 2. The maximum absolute atomic E-state index is 13.5. The second kappa shape index (κ2) is 11.6. The van der Waals surface area contributed by atoms with Crippen molar-refractivity contribution in [3.63, 3.8) is 0 Å². The molecule has 0 aliphatic carbocycles. The maximum atomic E-state index is 13.5. The zero-order chi connectivity index (χ0) is 23.9. The number of benzene rings is 1. The average Bonchev–Trinajstić information content (AvgIpc) is 3.55. The Morgan fingerprint density at radius 2 is 1.97 bits per heavy atom. The van der Waals surface area contributed by atoms with Gasteiger partial charge in [-0.1, -0.05) is 6.07 Å². The fraction of sp³-hybridized carbons (Fsp3) is 0.360. The topological polar surface area (TPSA) is 59.1 Å². The third-order valence-corrected chi connectivity index (χ3v) is 7.61. The Morgan fingerprint density at radius 3 is 2.71 bits per heavy atom. The van der Waals surface area contributed by atoms with Crippen LogP contribution in [0.15, 0.2) is 53.2 Å². The molecule has 1 aromatic carbocycles. The Hall–Kier alpha value is -2.75. The SMILES string of the molecule is COCCCN(CC(=O)N1CCc2sccc2C1COc1ccc(F)cc1)C(=O)c1cccs1. The Bertz CT molecular complexity index is 1080. The molecule has 2 amide bonds. The van der Waals surface area contributed by atoms with E-state index in [-0.39, 0.29) is 36.8 Å². The molecule has 3 heterocycles. The molecule has 3 aromatic rings. The van der Waals surface area contributed by atoms with Gasteiger partial charge in [0.2, 0.25) is 5.91 Å². The number of methoxy groups -OCH3 is 1. The van der Waals surface area contributed by atoms with Gasteiger partial charge in [-0.3, -0.25) is 9.59 Å². The van der Waals surface area contributed by atoms with Gasteiger partial charge >= 0.3 is 0 Å². The van der Waals surface area contributed by atoms with Crippen LogP contribution >= 0.6 is 22.7 Å². The van der Waals surface area contributed by atoms with Crippen molar-refractivity contribution in [3.8, 4) is 5.75 Å². The molecule has 1 atom stereocenters. The molecule has 0 N–H and O–H groups in total. The van der Waals surface area contributed by atoms with Crippen LogP contribution in [0.25, 0.3) is 0 Å². The molecule has 0 fully saturated rings. The van der Waals surface area contributed by atoms with Crippen LogP contribution in [-0.2, 0) is 16.0 Å². The lowest BCUT2D eigenvalue weighted by Gasteiger charge is -2.37. The molecular weight excluding hydrogens is 475 g/mol. The Balaban J connectivity index is 1.50. The molecule has 9 heteroatoms. The first-order valence-electron chi connectivity index (χ1n) is 11.1. The summed E-state index contributed by atoms with van der Waals surface area (Å²) in [6.45, 7) is 1.75. The highest BCUT2D eigenvalue weighted by Crippen LogP contribution is 2.34. The van der Waals surface area contributed by atoms with Crippen molar-refractivity contribution >= 4 is 34.5 Å². The molecule has 0 bridgehead atoms. The molecule has 1 unspecified atom stereocenters. The molecule has 180 valence electrons. The molecule has 0 radical (unpaired) electrons. The predicted octanol–water partition coefficient (Wildman–Crippen LogP) is 4.63. The van der Waals surface area contributed by atoms with Gasteiger partial charge in [-0.25, -0.2) is 4.39 Å². The average molecular weight is 503 g/mol. The Morgan fingerprint density at radius 1 is 1.15 bits per heavy atom. The Labute approximate surface area is 206 Å². The normalized spacial score (nSPS) is 15.1. The van der Waals surface area contributed by atoms with E-state index in [0.717, 1.165) is 12.0 Å². The first-order valence-corrected chi connectivity index (χ1v) is 12.9. The van der Waals surface area contributed by atoms with Gasteiger partial charge in [0.05, 0.1) is 10.9 Å². The highest BCUT2D eigenvalue weighted by atomic mass is 32.1. The quantitative estimate of drug-likeness (QED) is 0.379. The molecule has 0 spiro atoms. The first kappa shape index (κ1) is 24.4. The van der Waals surface area contributed by atoms with Crippen molar-refractivity contribution in [2.24, 2.45) is 0 Å². The minimum Gasteiger partial charge on any atom is -0.491 e. The van der Waals surface area contributed by atoms with Crippen molar-refractivity contribution < 1.29 is 23.5 Å². The third-order valence-electron chi connectivity index (χ3n) is 5.76. The third kappa shape index (κ3) is 5.84. The summed E-state index contributed by atoms with van der Waals surface area (Å²) >= 11 is 3.04. The van der Waals surface area contributed by atoms with E-state index >= 15 is 0 Å². The number of ether oxygens (including phenoxy) is 2. The van der Waals surface area contributed by atoms with Crippen LogP contribution in [0.2, 0.25) is 0 Å². The van der Waals surface area contributed by atoms with Crippen molar-refractivity contribution in [2.45, 2.75) is 18.9 Å². The van der Waals surface area contributed by atoms with E-state index < -0.39 is 0 Å². The summed E-state index contributed by atoms with van der Waals surface area (Å²) in [5.41, 5.74) is 1.07. The van der Waals surface area contributed by atoms with Gasteiger partial charge in [0.1, 0.15) is 24.7 Å². The van der Waals surface area contributed by atoms with Crippen molar-refractivity contribution in [1.82, 2.24) is 9.80 Å². The predicted molar refractivity (Wildman–Crippen MR) is 131 cm³/mol. The summed E-state index contributed by atoms with van der Waals surface area (Å²) < 4.78 is 24.3. The number of halogens is 1. The summed E-state index contributed by atoms with van der Waals surface area (Å²) in [5, 5.41) is 3.88. The van der Waals surface area contributed by atoms with Crippen LogP contribution in [0.3, 0.4) is 0 Å². The van der Waals surface area contributed by atoms with Crippen molar-refractivity contribution in [2.75, 3.05) is 40.0 Å². The van der Waals surface area contributed by atoms with Crippen molar-refractivity contribution in [3.05, 3.63) is 74.4 Å². The van der Waals surface area contributed by atoms with Crippen LogP contribution in [0.1, 0.15) is 32.6 Å². The molecule has 1 aliphatic rings. The zero-order valence-corrected chi connectivity index (χ0v) is 20.6. The second-order valence-corrected chi connectivity index (χ2v) is 9.92. The van der Waals surface area contributed by atoms with Crippen LogP contribution in [0, 0.1) is 5.82 Å². The van der Waals surface area contributed by atoms with Crippen LogP contribution in [0.5, 0.6) is 5.75 Å². The number of rotatable bonds is 10. The summed E-state index contributed by atoms with van der Waals surface area (Å²) in [4.78, 5) is 31.8. The number of carbonyl (C=O) groups is 2. The largest absolute Gasteiger partial charge is 0.491 e. The highest BCUT2D eigenvalue weighted by Gasteiger charge is 2.33. The summed E-state index contributed by atoms with van der Waals surface area (Å²) in [7, 11) is 1.62. The van der Waals surface area contributed by atoms with Gasteiger partial charge in [0.15, 0.2) is 0 Å². The molecule has 6 nitrogen and oxygen atoms in total. The molecule has 1 aliphatic heterocycles. The van der Waals surface area contributed by atoms with Crippen LogP contribution in [0.4, 0.5) is 4.39 Å². The van der Waals surface area contributed by atoms with Crippen molar-refractivity contribution in [1.29, 1.82) is 0 Å². The minimum absolute atomic E-state index is 0.00698. The van der Waals surface area contributed by atoms with Gasteiger partial charge in [0.25, 0.3) is 5.91 Å². The molecule has 4 rings (SSSR count). The first-order chi connectivity index (χ1) is 16.6. The smallest absolute Gasteiger partial charge is 0.264 e. The van der Waals surface area contributed by atoms with E-state index in [4.69, 9.17) is 9.47 Å². The van der Waals surface area contributed by atoms with Gasteiger partial charge in [-0.2, -0.15) is 0 Å². The van der Waals surface area contributed by atoms with E-state index in [1.165, 1.54) is 28.3 Å².